The molecular formula is C37H22O3. The monoisotopic (exact) mass is 522 g/mol. The molecule has 0 saturated heterocycles. The molecule has 3 nitrogen and oxygen atoms in total. The first-order chi connectivity index (χ1) is 23.1. The smallest absolute Gasteiger partial charge is 0.193 e. The Morgan fingerprint density at radius 2 is 0.875 bits per heavy atom. The molecule has 0 bridgehead atoms. The molecule has 0 radical (unpaired) electrons. The highest BCUT2D eigenvalue weighted by Crippen LogP contribution is 2.37. The third kappa shape index (κ3) is 3.49. The molecule has 0 atom stereocenters. The lowest BCUT2D eigenvalue weighted by Crippen LogP contribution is -2.01. The maximum atomic E-state index is 14.0. The maximum absolute atomic E-state index is 14.0. The lowest BCUT2D eigenvalue weighted by Gasteiger charge is -2.07. The lowest BCUT2D eigenvalue weighted by molar-refractivity contribution is 0.103. The number of para-hydroxylation sites is 4. The van der Waals surface area contributed by atoms with E-state index in [9.17, 15) is 4.79 Å². The summed E-state index contributed by atoms with van der Waals surface area (Å²) in [5.41, 5.74) is 1.09. The van der Waals surface area contributed by atoms with Crippen molar-refractivity contribution in [2.75, 3.05) is 0 Å². The molecule has 0 amide bonds. The number of hydrogen-bond acceptors (Lipinski definition) is 3. The molecule has 0 aliphatic carbocycles. The van der Waals surface area contributed by atoms with Crippen molar-refractivity contribution in [1.82, 2.24) is 0 Å². The predicted molar refractivity (Wildman–Crippen MR) is 162 cm³/mol. The van der Waals surface area contributed by atoms with Crippen LogP contribution < -0.4 is 0 Å². The van der Waals surface area contributed by atoms with Crippen LogP contribution in [0.5, 0.6) is 0 Å². The number of benzene rings is 6. The van der Waals surface area contributed by atoms with Gasteiger partial charge in [-0.15, -0.1) is 0 Å². The molecule has 0 aliphatic rings. The van der Waals surface area contributed by atoms with E-state index in [2.05, 4.69) is 0 Å². The number of rotatable bonds is 4. The van der Waals surface area contributed by atoms with Crippen molar-refractivity contribution in [3.63, 3.8) is 0 Å². The lowest BCUT2D eigenvalue weighted by atomic mass is 9.96. The molecule has 0 saturated carbocycles. The zero-order chi connectivity index (χ0) is 33.6. The molecule has 2 aromatic heterocycles. The minimum atomic E-state index is -1.15. The standard InChI is InChI=1S/C37H22O3/c38-35(25-19-15-23(16-20-25)27-9-5-11-31-29-7-1-3-13-33(29)39-36(27)31)26-21-17-24(18-22-26)28-10-6-12-32-30-8-2-4-14-34(30)40-37(28)32/h1-22H/i15D,16D,17D,18D,19D,20D,21D,22D. The molecule has 8 aromatic rings. The fraction of sp³-hybridized carbons (Fsp3) is 0. The largest absolute Gasteiger partial charge is 0.455 e. The minimum Gasteiger partial charge on any atom is -0.455 e. The van der Waals surface area contributed by atoms with Crippen molar-refractivity contribution in [3.05, 3.63) is 144 Å². The zero-order valence-corrected chi connectivity index (χ0v) is 20.8. The molecule has 0 fully saturated rings. The van der Waals surface area contributed by atoms with Gasteiger partial charge in [-0.2, -0.15) is 0 Å². The van der Waals surface area contributed by atoms with Crippen molar-refractivity contribution < 1.29 is 24.6 Å². The number of hydrogen-bond donors (Lipinski definition) is 0. The second kappa shape index (κ2) is 8.82. The van der Waals surface area contributed by atoms with E-state index < -0.39 is 65.2 Å². The van der Waals surface area contributed by atoms with Crippen LogP contribution in [0, 0.1) is 0 Å². The Kier molecular flexibility index (Phi) is 3.50. The van der Waals surface area contributed by atoms with Crippen molar-refractivity contribution in [1.29, 1.82) is 0 Å². The first-order valence-corrected chi connectivity index (χ1v) is 12.7. The van der Waals surface area contributed by atoms with E-state index in [0.29, 0.717) is 33.5 Å². The van der Waals surface area contributed by atoms with Crippen LogP contribution in [0.25, 0.3) is 66.1 Å². The summed E-state index contributed by atoms with van der Waals surface area (Å²) >= 11 is 0. The van der Waals surface area contributed by atoms with Gasteiger partial charge in [0.1, 0.15) is 22.3 Å². The van der Waals surface area contributed by atoms with Crippen molar-refractivity contribution in [2.24, 2.45) is 0 Å². The summed E-state index contributed by atoms with van der Waals surface area (Å²) < 4.78 is 82.9. The SMILES string of the molecule is [2H]c1c([2H])c(-c2cccc3c2oc2ccccc23)c([2H])c([2H])c1C(=O)c1c([2H])c([2H])c(-c2cccc3c2oc2ccccc23)c([2H])c1[2H]. The second-order valence-corrected chi connectivity index (χ2v) is 9.39. The van der Waals surface area contributed by atoms with Crippen LogP contribution >= 0.6 is 0 Å². The minimum absolute atomic E-state index is 0.0694. The molecule has 188 valence electrons. The average Bonchev–Trinajstić information content (AvgIpc) is 3.66. The van der Waals surface area contributed by atoms with E-state index in [0.717, 1.165) is 21.5 Å². The summed E-state index contributed by atoms with van der Waals surface area (Å²) in [6.07, 6.45) is 0. The van der Waals surface area contributed by atoms with Gasteiger partial charge in [0.15, 0.2) is 5.78 Å². The van der Waals surface area contributed by atoms with Gasteiger partial charge in [-0.25, -0.2) is 0 Å². The van der Waals surface area contributed by atoms with Crippen LogP contribution in [0.1, 0.15) is 26.9 Å². The Balaban J connectivity index is 1.30. The molecule has 0 N–H and O–H groups in total. The van der Waals surface area contributed by atoms with Gasteiger partial charge in [0.25, 0.3) is 0 Å². The highest BCUT2D eigenvalue weighted by atomic mass is 16.3. The van der Waals surface area contributed by atoms with Gasteiger partial charge < -0.3 is 8.83 Å². The molecule has 0 aliphatic heterocycles. The molecule has 0 spiro atoms. The molecule has 3 heteroatoms. The Labute approximate surface area is 241 Å². The summed E-state index contributed by atoms with van der Waals surface area (Å²) in [5, 5.41) is 3.09. The summed E-state index contributed by atoms with van der Waals surface area (Å²) in [7, 11) is 0. The van der Waals surface area contributed by atoms with Crippen LogP contribution in [0.2, 0.25) is 0 Å². The molecule has 2 heterocycles. The first kappa shape index (κ1) is 15.9. The van der Waals surface area contributed by atoms with Gasteiger partial charge in [0.2, 0.25) is 0 Å². The van der Waals surface area contributed by atoms with E-state index in [1.54, 1.807) is 36.4 Å². The second-order valence-electron chi connectivity index (χ2n) is 9.39. The Hall–Kier alpha value is -5.41. The Morgan fingerprint density at radius 1 is 0.475 bits per heavy atom. The van der Waals surface area contributed by atoms with Crippen molar-refractivity contribution >= 4 is 49.7 Å². The van der Waals surface area contributed by atoms with Crippen LogP contribution in [0.15, 0.2) is 142 Å². The summed E-state index contributed by atoms with van der Waals surface area (Å²) in [4.78, 5) is 14.0. The fourth-order valence-corrected chi connectivity index (χ4v) is 5.13. The highest BCUT2D eigenvalue weighted by Gasteiger charge is 2.15. The van der Waals surface area contributed by atoms with Gasteiger partial charge in [0, 0.05) is 43.8 Å². The van der Waals surface area contributed by atoms with Crippen molar-refractivity contribution in [3.8, 4) is 22.3 Å². The maximum Gasteiger partial charge on any atom is 0.193 e. The third-order valence-corrected chi connectivity index (χ3v) is 7.05. The molecular weight excluding hydrogens is 492 g/mol. The van der Waals surface area contributed by atoms with Gasteiger partial charge >= 0.3 is 0 Å². The Morgan fingerprint density at radius 3 is 1.32 bits per heavy atom. The number of ketones is 1. The van der Waals surface area contributed by atoms with Gasteiger partial charge in [0.05, 0.1) is 11.0 Å². The van der Waals surface area contributed by atoms with E-state index in [4.69, 9.17) is 19.8 Å². The van der Waals surface area contributed by atoms with Crippen LogP contribution in [-0.2, 0) is 0 Å². The number of fused-ring (bicyclic) bond motifs is 6. The summed E-state index contributed by atoms with van der Waals surface area (Å²) in [6.45, 7) is 0. The van der Waals surface area contributed by atoms with E-state index in [1.165, 1.54) is 0 Å². The van der Waals surface area contributed by atoms with Gasteiger partial charge in [-0.05, 0) is 23.3 Å². The number of carbonyl (C=O) groups is 1. The summed E-state index contributed by atoms with van der Waals surface area (Å²) in [5.74, 6) is -1.15. The normalized spacial score (nSPS) is 14.4. The highest BCUT2D eigenvalue weighted by molar-refractivity contribution is 6.12. The molecule has 0 unspecified atom stereocenters. The predicted octanol–water partition coefficient (Wildman–Crippen LogP) is 10.1. The average molecular weight is 523 g/mol. The van der Waals surface area contributed by atoms with Crippen LogP contribution in [-0.4, -0.2) is 5.78 Å². The first-order valence-electron chi connectivity index (χ1n) is 16.7. The molecule has 40 heavy (non-hydrogen) atoms. The zero-order valence-electron chi connectivity index (χ0n) is 28.8. The topological polar surface area (TPSA) is 43.4 Å². The van der Waals surface area contributed by atoms with E-state index in [1.807, 2.05) is 48.5 Å². The Bertz CT molecular complexity index is 2450. The molecule has 8 rings (SSSR count). The van der Waals surface area contributed by atoms with Crippen molar-refractivity contribution in [2.45, 2.75) is 0 Å². The van der Waals surface area contributed by atoms with E-state index >= 15 is 0 Å². The van der Waals surface area contributed by atoms with Crippen LogP contribution in [0.3, 0.4) is 0 Å². The van der Waals surface area contributed by atoms with Crippen LogP contribution in [0.4, 0.5) is 0 Å². The van der Waals surface area contributed by atoms with Gasteiger partial charge in [-0.1, -0.05) is 121 Å². The number of furan rings is 2. The van der Waals surface area contributed by atoms with Gasteiger partial charge in [-0.3, -0.25) is 4.79 Å². The van der Waals surface area contributed by atoms with E-state index in [-0.39, 0.29) is 11.1 Å². The summed E-state index contributed by atoms with van der Waals surface area (Å²) in [6, 6.07) is 20.4. The fourth-order valence-electron chi connectivity index (χ4n) is 5.13. The number of carbonyl (C=O) groups excluding carboxylic acids is 1. The molecule has 6 aromatic carbocycles. The third-order valence-electron chi connectivity index (χ3n) is 7.05. The quantitative estimate of drug-likeness (QED) is 0.216.